The van der Waals surface area contributed by atoms with Gasteiger partial charge in [0.25, 0.3) is 0 Å². The Morgan fingerprint density at radius 2 is 2.00 bits per heavy atom. The van der Waals surface area contributed by atoms with Crippen molar-refractivity contribution in [2.75, 3.05) is 26.2 Å². The van der Waals surface area contributed by atoms with E-state index in [1.54, 1.807) is 0 Å². The molecular formula is C17H25ClN2O. The number of hydrogen-bond donors (Lipinski definition) is 1. The zero-order valence-electron chi connectivity index (χ0n) is 12.6. The molecule has 1 aromatic rings. The smallest absolute Gasteiger partial charge is 0.125 e. The zero-order valence-corrected chi connectivity index (χ0v) is 13.4. The lowest BCUT2D eigenvalue weighted by atomic mass is 10.1. The Balaban J connectivity index is 1.51. The summed E-state index contributed by atoms with van der Waals surface area (Å²) < 4.78 is 6.01. The van der Waals surface area contributed by atoms with Crippen LogP contribution in [0.4, 0.5) is 0 Å². The third kappa shape index (κ3) is 4.60. The highest BCUT2D eigenvalue weighted by molar-refractivity contribution is 6.31. The Kier molecular flexibility index (Phi) is 5.39. The summed E-state index contributed by atoms with van der Waals surface area (Å²) in [6.07, 6.45) is 6.61. The maximum atomic E-state index is 6.33. The Labute approximate surface area is 132 Å². The largest absolute Gasteiger partial charge is 0.492 e. The zero-order chi connectivity index (χ0) is 14.5. The van der Waals surface area contributed by atoms with E-state index in [9.17, 15) is 0 Å². The SMILES string of the molecule is Clc1cccc(OCCN2CCCCC2)c1CNC1CC1. The van der Waals surface area contributed by atoms with E-state index in [0.717, 1.165) is 36.0 Å². The van der Waals surface area contributed by atoms with Crippen molar-refractivity contribution >= 4 is 11.6 Å². The third-order valence-corrected chi connectivity index (χ3v) is 4.69. The maximum Gasteiger partial charge on any atom is 0.125 e. The van der Waals surface area contributed by atoms with Gasteiger partial charge in [0.1, 0.15) is 12.4 Å². The number of halogens is 1. The van der Waals surface area contributed by atoms with Crippen LogP contribution >= 0.6 is 11.6 Å². The molecule has 1 aromatic carbocycles. The van der Waals surface area contributed by atoms with E-state index < -0.39 is 0 Å². The standard InChI is InChI=1S/C17H25ClN2O/c18-16-5-4-6-17(15(16)13-19-14-7-8-14)21-12-11-20-9-2-1-3-10-20/h4-6,14,19H,1-3,7-13H2. The normalized spacial score (nSPS) is 19.7. The number of benzene rings is 1. The second-order valence-corrected chi connectivity index (χ2v) is 6.53. The second-order valence-electron chi connectivity index (χ2n) is 6.12. The lowest BCUT2D eigenvalue weighted by Crippen LogP contribution is -2.33. The number of nitrogens with zero attached hydrogens (tertiary/aromatic N) is 1. The Bertz CT molecular complexity index is 456. The molecule has 1 aliphatic carbocycles. The van der Waals surface area contributed by atoms with Gasteiger partial charge in [-0.05, 0) is 50.9 Å². The van der Waals surface area contributed by atoms with Crippen molar-refractivity contribution < 1.29 is 4.74 Å². The van der Waals surface area contributed by atoms with Gasteiger partial charge in [0.05, 0.1) is 0 Å². The first-order valence-corrected chi connectivity index (χ1v) is 8.56. The van der Waals surface area contributed by atoms with Gasteiger partial charge in [-0.1, -0.05) is 24.1 Å². The number of ether oxygens (including phenoxy) is 1. The number of hydrogen-bond acceptors (Lipinski definition) is 3. The lowest BCUT2D eigenvalue weighted by molar-refractivity contribution is 0.182. The van der Waals surface area contributed by atoms with Crippen LogP contribution in [-0.2, 0) is 6.54 Å². The number of likely N-dealkylation sites (tertiary alicyclic amines) is 1. The van der Waals surface area contributed by atoms with Crippen LogP contribution in [0.1, 0.15) is 37.7 Å². The molecule has 1 N–H and O–H groups in total. The molecule has 116 valence electrons. The van der Waals surface area contributed by atoms with E-state index in [2.05, 4.69) is 10.2 Å². The quantitative estimate of drug-likeness (QED) is 0.835. The Hall–Kier alpha value is -0.770. The average Bonchev–Trinajstić information content (AvgIpc) is 3.32. The van der Waals surface area contributed by atoms with Gasteiger partial charge >= 0.3 is 0 Å². The molecule has 2 aliphatic rings. The van der Waals surface area contributed by atoms with E-state index in [4.69, 9.17) is 16.3 Å². The molecule has 0 atom stereocenters. The summed E-state index contributed by atoms with van der Waals surface area (Å²) in [4.78, 5) is 2.50. The predicted molar refractivity (Wildman–Crippen MR) is 87.1 cm³/mol. The van der Waals surface area contributed by atoms with Crippen molar-refractivity contribution in [1.29, 1.82) is 0 Å². The van der Waals surface area contributed by atoms with E-state index in [1.807, 2.05) is 18.2 Å². The molecular weight excluding hydrogens is 284 g/mol. The van der Waals surface area contributed by atoms with Crippen molar-refractivity contribution in [3.63, 3.8) is 0 Å². The number of nitrogens with one attached hydrogen (secondary N) is 1. The highest BCUT2D eigenvalue weighted by Crippen LogP contribution is 2.28. The fourth-order valence-corrected chi connectivity index (χ4v) is 3.08. The monoisotopic (exact) mass is 308 g/mol. The Morgan fingerprint density at radius 1 is 1.19 bits per heavy atom. The summed E-state index contributed by atoms with van der Waals surface area (Å²) in [5.74, 6) is 0.938. The topological polar surface area (TPSA) is 24.5 Å². The van der Waals surface area contributed by atoms with Crippen molar-refractivity contribution in [2.24, 2.45) is 0 Å². The van der Waals surface area contributed by atoms with E-state index in [1.165, 1.54) is 45.2 Å². The fraction of sp³-hybridized carbons (Fsp3) is 0.647. The van der Waals surface area contributed by atoms with Crippen molar-refractivity contribution in [3.05, 3.63) is 28.8 Å². The van der Waals surface area contributed by atoms with Crippen LogP contribution in [0.15, 0.2) is 18.2 Å². The minimum absolute atomic E-state index is 0.683. The molecule has 21 heavy (non-hydrogen) atoms. The van der Waals surface area contributed by atoms with Crippen LogP contribution < -0.4 is 10.1 Å². The highest BCUT2D eigenvalue weighted by atomic mass is 35.5. The highest BCUT2D eigenvalue weighted by Gasteiger charge is 2.21. The maximum absolute atomic E-state index is 6.33. The first-order chi connectivity index (χ1) is 10.3. The van der Waals surface area contributed by atoms with Crippen LogP contribution in [0.5, 0.6) is 5.75 Å². The van der Waals surface area contributed by atoms with Gasteiger partial charge in [-0.15, -0.1) is 0 Å². The molecule has 1 saturated carbocycles. The molecule has 4 heteroatoms. The molecule has 0 radical (unpaired) electrons. The number of piperidine rings is 1. The summed E-state index contributed by atoms with van der Waals surface area (Å²) in [5, 5.41) is 4.32. The van der Waals surface area contributed by atoms with E-state index in [-0.39, 0.29) is 0 Å². The number of rotatable bonds is 7. The second kappa shape index (κ2) is 7.48. The van der Waals surface area contributed by atoms with Crippen molar-refractivity contribution in [2.45, 2.75) is 44.7 Å². The summed E-state index contributed by atoms with van der Waals surface area (Å²) in [5.41, 5.74) is 1.10. The van der Waals surface area contributed by atoms with Gasteiger partial charge < -0.3 is 10.1 Å². The van der Waals surface area contributed by atoms with Gasteiger partial charge in [0.2, 0.25) is 0 Å². The first-order valence-electron chi connectivity index (χ1n) is 8.19. The predicted octanol–water partition coefficient (Wildman–Crippen LogP) is 3.46. The van der Waals surface area contributed by atoms with E-state index in [0.29, 0.717) is 6.04 Å². The van der Waals surface area contributed by atoms with Gasteiger partial charge in [-0.2, -0.15) is 0 Å². The minimum atomic E-state index is 0.683. The molecule has 3 nitrogen and oxygen atoms in total. The van der Waals surface area contributed by atoms with Crippen LogP contribution in [0.25, 0.3) is 0 Å². The van der Waals surface area contributed by atoms with Crippen molar-refractivity contribution in [1.82, 2.24) is 10.2 Å². The molecule has 2 fully saturated rings. The van der Waals surface area contributed by atoms with Gasteiger partial charge in [0, 0.05) is 29.7 Å². The van der Waals surface area contributed by atoms with Crippen LogP contribution in [0.3, 0.4) is 0 Å². The van der Waals surface area contributed by atoms with Gasteiger partial charge in [0.15, 0.2) is 0 Å². The molecule has 0 unspecified atom stereocenters. The molecule has 1 aliphatic heterocycles. The summed E-state index contributed by atoms with van der Waals surface area (Å²) in [6, 6.07) is 6.64. The molecule has 1 saturated heterocycles. The molecule has 0 amide bonds. The molecule has 0 spiro atoms. The molecule has 0 bridgehead atoms. The summed E-state index contributed by atoms with van der Waals surface area (Å²) >= 11 is 6.33. The van der Waals surface area contributed by atoms with Crippen molar-refractivity contribution in [3.8, 4) is 5.75 Å². The van der Waals surface area contributed by atoms with E-state index >= 15 is 0 Å². The minimum Gasteiger partial charge on any atom is -0.492 e. The van der Waals surface area contributed by atoms with Gasteiger partial charge in [-0.25, -0.2) is 0 Å². The molecule has 3 rings (SSSR count). The Morgan fingerprint density at radius 3 is 2.76 bits per heavy atom. The average molecular weight is 309 g/mol. The van der Waals surface area contributed by atoms with Crippen LogP contribution in [0, 0.1) is 0 Å². The van der Waals surface area contributed by atoms with Crippen LogP contribution in [-0.4, -0.2) is 37.2 Å². The lowest BCUT2D eigenvalue weighted by Gasteiger charge is -2.26. The van der Waals surface area contributed by atoms with Gasteiger partial charge in [-0.3, -0.25) is 4.90 Å². The first kappa shape index (κ1) is 15.1. The molecule has 0 aromatic heterocycles. The third-order valence-electron chi connectivity index (χ3n) is 4.33. The summed E-state index contributed by atoms with van der Waals surface area (Å²) in [7, 11) is 0. The fourth-order valence-electron chi connectivity index (χ4n) is 2.85. The summed E-state index contributed by atoms with van der Waals surface area (Å²) in [6.45, 7) is 5.01. The molecule has 1 heterocycles. The van der Waals surface area contributed by atoms with Crippen LogP contribution in [0.2, 0.25) is 5.02 Å².